The van der Waals surface area contributed by atoms with Crippen molar-refractivity contribution in [2.24, 2.45) is 5.92 Å². The van der Waals surface area contributed by atoms with Gasteiger partial charge >= 0.3 is 8.56 Å². The van der Waals surface area contributed by atoms with Gasteiger partial charge in [-0.3, -0.25) is 0 Å². The Bertz CT molecular complexity index is 154. The van der Waals surface area contributed by atoms with Gasteiger partial charge in [0.25, 0.3) is 0 Å². The topological polar surface area (TPSA) is 18.5 Å². The van der Waals surface area contributed by atoms with E-state index < -0.39 is 8.56 Å². The minimum absolute atomic E-state index is 0.623. The zero-order valence-electron chi connectivity index (χ0n) is 11.3. The van der Waals surface area contributed by atoms with E-state index in [0.717, 1.165) is 19.1 Å². The summed E-state index contributed by atoms with van der Waals surface area (Å²) in [5.74, 6) is 0.725. The Morgan fingerprint density at radius 1 is 1.00 bits per heavy atom. The molecule has 0 rings (SSSR count). The van der Waals surface area contributed by atoms with Crippen molar-refractivity contribution in [1.82, 2.24) is 0 Å². The van der Waals surface area contributed by atoms with E-state index in [9.17, 15) is 0 Å². The van der Waals surface area contributed by atoms with E-state index in [1.807, 2.05) is 0 Å². The fraction of sp³-hybridized carbons (Fsp3) is 1.00. The molecule has 15 heavy (non-hydrogen) atoms. The highest BCUT2D eigenvalue weighted by atomic mass is 28.4. The maximum atomic E-state index is 5.94. The molecule has 0 aromatic carbocycles. The fourth-order valence-corrected chi connectivity index (χ4v) is 5.51. The average molecular weight is 232 g/mol. The molecule has 0 bridgehead atoms. The Morgan fingerprint density at radius 3 is 1.73 bits per heavy atom. The molecule has 0 aliphatic heterocycles. The predicted octanol–water partition coefficient (Wildman–Crippen LogP) is 3.96. The minimum Gasteiger partial charge on any atom is -0.394 e. The molecule has 0 spiro atoms. The lowest BCUT2D eigenvalue weighted by Gasteiger charge is -2.34. The van der Waals surface area contributed by atoms with Gasteiger partial charge in [-0.25, -0.2) is 0 Å². The molecule has 1 unspecified atom stereocenters. The van der Waals surface area contributed by atoms with Crippen molar-refractivity contribution in [3.63, 3.8) is 0 Å². The number of rotatable bonds is 8. The van der Waals surface area contributed by atoms with Gasteiger partial charge in [0.05, 0.1) is 0 Å². The smallest absolute Gasteiger partial charge is 0.338 e. The Morgan fingerprint density at radius 2 is 1.47 bits per heavy atom. The molecule has 0 fully saturated rings. The van der Waals surface area contributed by atoms with Crippen LogP contribution in [-0.2, 0) is 8.85 Å². The van der Waals surface area contributed by atoms with Crippen LogP contribution in [0.2, 0.25) is 12.1 Å². The SMILES string of the molecule is CCO[Si](C)(OCC)C(CC)CC(C)C. The van der Waals surface area contributed by atoms with Crippen molar-refractivity contribution >= 4 is 8.56 Å². The van der Waals surface area contributed by atoms with Crippen LogP contribution in [0, 0.1) is 5.92 Å². The second-order valence-electron chi connectivity index (χ2n) is 4.62. The van der Waals surface area contributed by atoms with Crippen molar-refractivity contribution in [3.05, 3.63) is 0 Å². The maximum absolute atomic E-state index is 5.94. The largest absolute Gasteiger partial charge is 0.394 e. The van der Waals surface area contributed by atoms with E-state index in [1.54, 1.807) is 0 Å². The summed E-state index contributed by atoms with van der Waals surface area (Å²) in [6.45, 7) is 14.7. The van der Waals surface area contributed by atoms with Gasteiger partial charge in [-0.1, -0.05) is 27.2 Å². The third-order valence-corrected chi connectivity index (χ3v) is 6.70. The van der Waals surface area contributed by atoms with Crippen molar-refractivity contribution in [2.75, 3.05) is 13.2 Å². The predicted molar refractivity (Wildman–Crippen MR) is 68.4 cm³/mol. The molecule has 0 amide bonds. The van der Waals surface area contributed by atoms with Gasteiger partial charge in [0.2, 0.25) is 0 Å². The first-order valence-corrected chi connectivity index (χ1v) is 8.67. The molecule has 0 heterocycles. The Labute approximate surface area is 96.6 Å². The molecule has 0 saturated heterocycles. The summed E-state index contributed by atoms with van der Waals surface area (Å²) < 4.78 is 11.9. The van der Waals surface area contributed by atoms with Crippen LogP contribution in [0.25, 0.3) is 0 Å². The normalized spacial score (nSPS) is 14.6. The van der Waals surface area contributed by atoms with E-state index in [-0.39, 0.29) is 0 Å². The van der Waals surface area contributed by atoms with Crippen molar-refractivity contribution < 1.29 is 8.85 Å². The standard InChI is InChI=1S/C12H28O2Si/c1-7-12(10-11(4)5)15(6,13-8-2)14-9-3/h11-12H,7-10H2,1-6H3. The molecule has 0 aliphatic carbocycles. The van der Waals surface area contributed by atoms with Crippen LogP contribution in [0.5, 0.6) is 0 Å². The number of hydrogen-bond acceptors (Lipinski definition) is 2. The van der Waals surface area contributed by atoms with Gasteiger partial charge in [-0.2, -0.15) is 0 Å². The zero-order valence-corrected chi connectivity index (χ0v) is 12.3. The molecular formula is C12H28O2Si. The molecule has 0 aromatic heterocycles. The molecule has 2 nitrogen and oxygen atoms in total. The minimum atomic E-state index is -1.94. The molecule has 3 heteroatoms. The van der Waals surface area contributed by atoms with E-state index >= 15 is 0 Å². The monoisotopic (exact) mass is 232 g/mol. The summed E-state index contributed by atoms with van der Waals surface area (Å²) in [5, 5.41) is 0. The van der Waals surface area contributed by atoms with Crippen LogP contribution in [0.3, 0.4) is 0 Å². The third kappa shape index (κ3) is 5.14. The van der Waals surface area contributed by atoms with Crippen LogP contribution < -0.4 is 0 Å². The third-order valence-electron chi connectivity index (χ3n) is 2.85. The second kappa shape index (κ2) is 7.42. The van der Waals surface area contributed by atoms with Crippen molar-refractivity contribution in [3.8, 4) is 0 Å². The quantitative estimate of drug-likeness (QED) is 0.590. The van der Waals surface area contributed by atoms with E-state index in [1.165, 1.54) is 12.8 Å². The average Bonchev–Trinajstić information content (AvgIpc) is 2.14. The molecule has 0 aromatic rings. The van der Waals surface area contributed by atoms with E-state index in [4.69, 9.17) is 8.85 Å². The van der Waals surface area contributed by atoms with Gasteiger partial charge in [-0.15, -0.1) is 0 Å². The van der Waals surface area contributed by atoms with Gasteiger partial charge < -0.3 is 8.85 Å². The highest BCUT2D eigenvalue weighted by Crippen LogP contribution is 2.33. The molecule has 1 atom stereocenters. The molecule has 0 saturated carbocycles. The first-order valence-electron chi connectivity index (χ1n) is 6.28. The van der Waals surface area contributed by atoms with Crippen LogP contribution >= 0.6 is 0 Å². The van der Waals surface area contributed by atoms with E-state index in [0.29, 0.717) is 5.54 Å². The molecule has 0 radical (unpaired) electrons. The van der Waals surface area contributed by atoms with Crippen molar-refractivity contribution in [2.45, 2.75) is 59.5 Å². The lowest BCUT2D eigenvalue weighted by molar-refractivity contribution is 0.173. The van der Waals surface area contributed by atoms with Gasteiger partial charge in [-0.05, 0) is 32.7 Å². The first kappa shape index (κ1) is 15.1. The Kier molecular flexibility index (Phi) is 7.48. The molecule has 92 valence electrons. The summed E-state index contributed by atoms with van der Waals surface area (Å²) in [7, 11) is -1.94. The molecule has 0 aliphatic rings. The molecule has 0 N–H and O–H groups in total. The summed E-state index contributed by atoms with van der Waals surface area (Å²) in [6, 6.07) is 0. The summed E-state index contributed by atoms with van der Waals surface area (Å²) >= 11 is 0. The summed E-state index contributed by atoms with van der Waals surface area (Å²) in [6.07, 6.45) is 2.39. The lowest BCUT2D eigenvalue weighted by atomic mass is 10.1. The number of hydrogen-bond donors (Lipinski definition) is 0. The van der Waals surface area contributed by atoms with Gasteiger partial charge in [0.1, 0.15) is 0 Å². The zero-order chi connectivity index (χ0) is 11.9. The summed E-state index contributed by atoms with van der Waals surface area (Å²) in [5.41, 5.74) is 0.623. The van der Waals surface area contributed by atoms with Gasteiger partial charge in [0, 0.05) is 18.8 Å². The van der Waals surface area contributed by atoms with E-state index in [2.05, 4.69) is 41.2 Å². The highest BCUT2D eigenvalue weighted by molar-refractivity contribution is 6.67. The maximum Gasteiger partial charge on any atom is 0.338 e. The van der Waals surface area contributed by atoms with Crippen LogP contribution in [-0.4, -0.2) is 21.8 Å². The van der Waals surface area contributed by atoms with Crippen LogP contribution in [0.1, 0.15) is 47.5 Å². The first-order chi connectivity index (χ1) is 7.00. The Balaban J connectivity index is 4.52. The van der Waals surface area contributed by atoms with Crippen LogP contribution in [0.4, 0.5) is 0 Å². The fourth-order valence-electron chi connectivity index (χ4n) is 2.17. The summed E-state index contributed by atoms with van der Waals surface area (Å²) in [4.78, 5) is 0. The van der Waals surface area contributed by atoms with Crippen molar-refractivity contribution in [1.29, 1.82) is 0 Å². The van der Waals surface area contributed by atoms with Gasteiger partial charge in [0.15, 0.2) is 0 Å². The highest BCUT2D eigenvalue weighted by Gasteiger charge is 2.39. The molecular weight excluding hydrogens is 204 g/mol. The van der Waals surface area contributed by atoms with Crippen LogP contribution in [0.15, 0.2) is 0 Å². The lowest BCUT2D eigenvalue weighted by Crippen LogP contribution is -2.44. The Hall–Kier alpha value is 0.137. The second-order valence-corrected chi connectivity index (χ2v) is 8.04.